The molecule has 3 aromatic carbocycles. The summed E-state index contributed by atoms with van der Waals surface area (Å²) in [6, 6.07) is 14.9. The molecule has 1 aliphatic rings. The lowest BCUT2D eigenvalue weighted by Gasteiger charge is -2.48. The molecule has 0 radical (unpaired) electrons. The fourth-order valence-electron chi connectivity index (χ4n) is 5.57. The summed E-state index contributed by atoms with van der Waals surface area (Å²) in [7, 11) is 1.55. The number of carbonyl (C=O) groups is 1. The lowest BCUT2D eigenvalue weighted by molar-refractivity contribution is -0.137. The van der Waals surface area contributed by atoms with Crippen molar-refractivity contribution < 1.29 is 37.7 Å². The third-order valence-corrected chi connectivity index (χ3v) is 7.96. The van der Waals surface area contributed by atoms with Gasteiger partial charge in [-0.05, 0) is 35.7 Å². The highest BCUT2D eigenvalue weighted by atomic mass is 19.4. The molecule has 44 heavy (non-hydrogen) atoms. The van der Waals surface area contributed by atoms with Crippen LogP contribution < -0.4 is 15.2 Å². The monoisotopic (exact) mass is 610 g/mol. The summed E-state index contributed by atoms with van der Waals surface area (Å²) < 4.78 is 50.7. The zero-order valence-electron chi connectivity index (χ0n) is 24.1. The number of rotatable bonds is 12. The van der Waals surface area contributed by atoms with Crippen LogP contribution in [0.15, 0.2) is 67.0 Å². The summed E-state index contributed by atoms with van der Waals surface area (Å²) in [5, 5.41) is 19.7. The summed E-state index contributed by atoms with van der Waals surface area (Å²) in [5.41, 5.74) is 7.30. The second kappa shape index (κ2) is 12.8. The first-order valence-electron chi connectivity index (χ1n) is 14.0. The van der Waals surface area contributed by atoms with Gasteiger partial charge in [-0.3, -0.25) is 4.79 Å². The molecule has 4 N–H and O–H groups in total. The molecule has 0 aliphatic carbocycles. The van der Waals surface area contributed by atoms with Crippen molar-refractivity contribution >= 4 is 16.8 Å². The minimum atomic E-state index is -4.48. The maximum absolute atomic E-state index is 13.0. The quantitative estimate of drug-likeness (QED) is 0.205. The van der Waals surface area contributed by atoms with Gasteiger partial charge >= 0.3 is 6.18 Å². The van der Waals surface area contributed by atoms with Gasteiger partial charge in [-0.25, -0.2) is 9.97 Å². The van der Waals surface area contributed by atoms with Crippen LogP contribution in [-0.2, 0) is 11.0 Å². The highest BCUT2D eigenvalue weighted by Crippen LogP contribution is 2.37. The maximum atomic E-state index is 13.0. The molecule has 0 bridgehead atoms. The van der Waals surface area contributed by atoms with Crippen molar-refractivity contribution in [2.45, 2.75) is 18.5 Å². The van der Waals surface area contributed by atoms with E-state index in [-0.39, 0.29) is 13.2 Å². The Labute approximate surface area is 252 Å². The van der Waals surface area contributed by atoms with E-state index in [0.29, 0.717) is 58.9 Å². The Hall–Kier alpha value is -4.26. The number of fused-ring (bicyclic) bond motifs is 1. The zero-order valence-corrected chi connectivity index (χ0v) is 24.1. The minimum absolute atomic E-state index is 0.0389. The van der Waals surface area contributed by atoms with Gasteiger partial charge in [0.1, 0.15) is 6.33 Å². The molecule has 0 saturated carbocycles. The number of nitrogens with two attached hydrogens (primary N) is 1. The van der Waals surface area contributed by atoms with E-state index in [0.717, 1.165) is 30.7 Å². The number of hydrogen-bond acceptors (Lipinski definition) is 8. The number of amides is 1. The smallest absolute Gasteiger partial charge is 0.416 e. The number of hydrogen-bond donors (Lipinski definition) is 3. The largest absolute Gasteiger partial charge is 0.493 e. The SMILES string of the molecule is COc1cc2ncnc(-c3ccc(C(C(N)=O)c4ccc(C(F)(F)F)cc4)cc3)c2cc1OCCCN1CC(CO)(CO)C1. The van der Waals surface area contributed by atoms with Crippen molar-refractivity contribution in [3.8, 4) is 22.8 Å². The van der Waals surface area contributed by atoms with Crippen molar-refractivity contribution in [2.24, 2.45) is 11.1 Å². The summed E-state index contributed by atoms with van der Waals surface area (Å²) in [4.78, 5) is 23.4. The molecule has 0 spiro atoms. The third-order valence-electron chi connectivity index (χ3n) is 7.96. The van der Waals surface area contributed by atoms with Crippen molar-refractivity contribution in [1.82, 2.24) is 14.9 Å². The average molecular weight is 611 g/mol. The molecule has 1 aliphatic heterocycles. The van der Waals surface area contributed by atoms with Crippen LogP contribution in [0.25, 0.3) is 22.2 Å². The lowest BCUT2D eigenvalue weighted by atomic mass is 9.81. The first kappa shape index (κ1) is 31.2. The van der Waals surface area contributed by atoms with E-state index in [4.69, 9.17) is 15.2 Å². The molecule has 1 atom stereocenters. The summed E-state index contributed by atoms with van der Waals surface area (Å²) in [6.45, 7) is 2.38. The maximum Gasteiger partial charge on any atom is 0.416 e. The Balaban J connectivity index is 1.34. The lowest BCUT2D eigenvalue weighted by Crippen LogP contribution is -2.60. The van der Waals surface area contributed by atoms with Gasteiger partial charge in [0.15, 0.2) is 11.5 Å². The molecule has 1 fully saturated rings. The van der Waals surface area contributed by atoms with E-state index in [9.17, 15) is 28.2 Å². The van der Waals surface area contributed by atoms with Gasteiger partial charge in [-0.1, -0.05) is 36.4 Å². The van der Waals surface area contributed by atoms with E-state index < -0.39 is 29.0 Å². The number of nitrogens with zero attached hydrogens (tertiary/aromatic N) is 3. The Morgan fingerprint density at radius 1 is 1.00 bits per heavy atom. The van der Waals surface area contributed by atoms with Crippen LogP contribution >= 0.6 is 0 Å². The van der Waals surface area contributed by atoms with E-state index in [1.165, 1.54) is 18.5 Å². The number of aliphatic hydroxyl groups is 2. The number of primary amides is 1. The molecule has 12 heteroatoms. The van der Waals surface area contributed by atoms with Gasteiger partial charge in [-0.2, -0.15) is 13.2 Å². The predicted molar refractivity (Wildman–Crippen MR) is 157 cm³/mol. The number of aliphatic hydroxyl groups excluding tert-OH is 2. The number of aromatic nitrogens is 2. The second-order valence-electron chi connectivity index (χ2n) is 11.0. The number of benzene rings is 3. The Kier molecular flexibility index (Phi) is 9.05. The molecule has 1 saturated heterocycles. The van der Waals surface area contributed by atoms with Gasteiger partial charge in [0, 0.05) is 42.1 Å². The van der Waals surface area contributed by atoms with Gasteiger partial charge in [0.25, 0.3) is 0 Å². The summed E-state index contributed by atoms with van der Waals surface area (Å²) >= 11 is 0. The number of ether oxygens (including phenoxy) is 2. The van der Waals surface area contributed by atoms with E-state index >= 15 is 0 Å². The van der Waals surface area contributed by atoms with Crippen LogP contribution in [0, 0.1) is 5.41 Å². The highest BCUT2D eigenvalue weighted by Gasteiger charge is 2.41. The number of halogens is 3. The number of carbonyl (C=O) groups excluding carboxylic acids is 1. The van der Waals surface area contributed by atoms with E-state index in [2.05, 4.69) is 14.9 Å². The molecule has 2 heterocycles. The predicted octanol–water partition coefficient (Wildman–Crippen LogP) is 4.00. The normalized spacial score (nSPS) is 15.5. The Morgan fingerprint density at radius 2 is 1.64 bits per heavy atom. The molecule has 1 amide bonds. The standard InChI is InChI=1S/C32H33F3N4O5/c1-43-26-14-25-24(13-27(26)44-12-2-11-39-15-31(16-39,17-40)18-41)29(38-19-37-25)22-5-3-20(4-6-22)28(30(36)42)21-7-9-23(10-8-21)32(33,34)35/h3-10,13-14,19,28,40-41H,2,11-12,15-18H2,1H3,(H2,36,42). The van der Waals surface area contributed by atoms with E-state index in [1.54, 1.807) is 37.4 Å². The first-order valence-corrected chi connectivity index (χ1v) is 14.0. The summed E-state index contributed by atoms with van der Waals surface area (Å²) in [5.74, 6) is -0.582. The van der Waals surface area contributed by atoms with Crippen LogP contribution in [0.1, 0.15) is 29.0 Å². The molecular formula is C32H33F3N4O5. The average Bonchev–Trinajstić information content (AvgIpc) is 3.00. The number of alkyl halides is 3. The molecule has 5 rings (SSSR count). The zero-order chi connectivity index (χ0) is 31.5. The number of likely N-dealkylation sites (tertiary alicyclic amines) is 1. The minimum Gasteiger partial charge on any atom is -0.493 e. The Bertz CT molecular complexity index is 1600. The van der Waals surface area contributed by atoms with Crippen molar-refractivity contribution in [3.05, 3.63) is 83.7 Å². The fourth-order valence-corrected chi connectivity index (χ4v) is 5.57. The topological polar surface area (TPSA) is 131 Å². The van der Waals surface area contributed by atoms with Gasteiger partial charge in [-0.15, -0.1) is 0 Å². The van der Waals surface area contributed by atoms with Crippen LogP contribution in [0.2, 0.25) is 0 Å². The highest BCUT2D eigenvalue weighted by molar-refractivity contribution is 5.94. The van der Waals surface area contributed by atoms with Crippen molar-refractivity contribution in [1.29, 1.82) is 0 Å². The summed E-state index contributed by atoms with van der Waals surface area (Å²) in [6.07, 6.45) is -2.32. The fraction of sp³-hybridized carbons (Fsp3) is 0.344. The van der Waals surface area contributed by atoms with Crippen molar-refractivity contribution in [3.63, 3.8) is 0 Å². The molecule has 1 unspecified atom stereocenters. The molecule has 4 aromatic rings. The van der Waals surface area contributed by atoms with Crippen molar-refractivity contribution in [2.75, 3.05) is 46.6 Å². The molecule has 9 nitrogen and oxygen atoms in total. The molecule has 232 valence electrons. The van der Waals surface area contributed by atoms with Gasteiger partial charge in [0.05, 0.1) is 49.6 Å². The van der Waals surface area contributed by atoms with Gasteiger partial charge in [0.2, 0.25) is 5.91 Å². The van der Waals surface area contributed by atoms with Crippen LogP contribution in [0.5, 0.6) is 11.5 Å². The second-order valence-corrected chi connectivity index (χ2v) is 11.0. The van der Waals surface area contributed by atoms with Crippen LogP contribution in [0.4, 0.5) is 13.2 Å². The Morgan fingerprint density at radius 3 is 2.20 bits per heavy atom. The van der Waals surface area contributed by atoms with Crippen LogP contribution in [0.3, 0.4) is 0 Å². The van der Waals surface area contributed by atoms with E-state index in [1.807, 2.05) is 6.07 Å². The first-order chi connectivity index (χ1) is 21.1. The van der Waals surface area contributed by atoms with Crippen LogP contribution in [-0.4, -0.2) is 77.6 Å². The molecule has 1 aromatic heterocycles. The van der Waals surface area contributed by atoms with Gasteiger partial charge < -0.3 is 30.3 Å². The third kappa shape index (κ3) is 6.47. The number of methoxy groups -OCH3 is 1. The molecular weight excluding hydrogens is 577 g/mol.